The quantitative estimate of drug-likeness (QED) is 0.513. The van der Waals surface area contributed by atoms with Gasteiger partial charge in [0.15, 0.2) is 5.82 Å². The van der Waals surface area contributed by atoms with Gasteiger partial charge in [-0.15, -0.1) is 0 Å². The van der Waals surface area contributed by atoms with E-state index >= 15 is 0 Å². The second-order valence-corrected chi connectivity index (χ2v) is 7.55. The molecule has 1 aromatic rings. The molecular formula is C11H10ClFN2O5S. The number of amides is 1. The zero-order chi connectivity index (χ0) is 16.0. The number of nitrogens with one attached hydrogen (secondary N) is 1. The first-order valence-electron chi connectivity index (χ1n) is 5.79. The molecule has 1 amide bonds. The number of hydrogen-bond acceptors (Lipinski definition) is 5. The summed E-state index contributed by atoms with van der Waals surface area (Å²) < 4.78 is 36.7. The first-order chi connectivity index (χ1) is 9.53. The van der Waals surface area contributed by atoms with E-state index in [1.807, 2.05) is 0 Å². The topological polar surface area (TPSA) is 106 Å². The number of non-ortho nitro benzene ring substituents is 1. The molecule has 1 saturated carbocycles. The maximum absolute atomic E-state index is 14.1. The number of nitro groups is 1. The molecule has 0 unspecified atom stereocenters. The molecule has 2 rings (SSSR count). The Morgan fingerprint density at radius 3 is 2.48 bits per heavy atom. The highest BCUT2D eigenvalue weighted by atomic mass is 35.7. The number of carbonyl (C=O) groups excluding carboxylic acids is 1. The predicted octanol–water partition coefficient (Wildman–Crippen LogP) is 1.94. The van der Waals surface area contributed by atoms with Crippen molar-refractivity contribution in [1.82, 2.24) is 5.32 Å². The number of halogens is 2. The van der Waals surface area contributed by atoms with Crippen LogP contribution in [-0.4, -0.2) is 24.8 Å². The van der Waals surface area contributed by atoms with Crippen molar-refractivity contribution in [3.05, 3.63) is 33.6 Å². The molecule has 0 heterocycles. The smallest absolute Gasteiger partial charge is 0.271 e. The van der Waals surface area contributed by atoms with Crippen LogP contribution in [0.3, 0.4) is 0 Å². The van der Waals surface area contributed by atoms with Crippen molar-refractivity contribution in [2.24, 2.45) is 0 Å². The van der Waals surface area contributed by atoms with E-state index in [9.17, 15) is 27.7 Å². The van der Waals surface area contributed by atoms with Crippen molar-refractivity contribution >= 4 is 31.3 Å². The molecule has 1 aromatic carbocycles. The molecule has 1 aliphatic rings. The van der Waals surface area contributed by atoms with Crippen molar-refractivity contribution in [1.29, 1.82) is 0 Å². The van der Waals surface area contributed by atoms with Crippen LogP contribution >= 0.6 is 10.7 Å². The second kappa shape index (κ2) is 4.92. The minimum absolute atomic E-state index is 0.479. The fraction of sp³-hybridized carbons (Fsp3) is 0.364. The van der Waals surface area contributed by atoms with Crippen molar-refractivity contribution in [2.75, 3.05) is 0 Å². The Hall–Kier alpha value is -1.74. The molecule has 0 aliphatic heterocycles. The van der Waals surface area contributed by atoms with Crippen LogP contribution < -0.4 is 5.32 Å². The highest BCUT2D eigenvalue weighted by Crippen LogP contribution is 2.35. The van der Waals surface area contributed by atoms with E-state index in [-0.39, 0.29) is 0 Å². The summed E-state index contributed by atoms with van der Waals surface area (Å²) in [6, 6.07) is 1.16. The van der Waals surface area contributed by atoms with Gasteiger partial charge in [-0.1, -0.05) is 0 Å². The zero-order valence-electron chi connectivity index (χ0n) is 10.7. The Morgan fingerprint density at radius 1 is 1.48 bits per heavy atom. The molecule has 1 aliphatic carbocycles. The minimum Gasteiger partial charge on any atom is -0.347 e. The lowest BCUT2D eigenvalue weighted by atomic mass is 10.1. The van der Waals surface area contributed by atoms with E-state index in [0.717, 1.165) is 0 Å². The lowest BCUT2D eigenvalue weighted by Gasteiger charge is -2.12. The van der Waals surface area contributed by atoms with Gasteiger partial charge in [0.25, 0.3) is 20.6 Å². The van der Waals surface area contributed by atoms with Crippen LogP contribution in [-0.2, 0) is 9.05 Å². The Kier molecular flexibility index (Phi) is 3.66. The van der Waals surface area contributed by atoms with E-state index < -0.39 is 47.4 Å². The van der Waals surface area contributed by atoms with Gasteiger partial charge >= 0.3 is 0 Å². The first kappa shape index (κ1) is 15.6. The Labute approximate surface area is 123 Å². The first-order valence-corrected chi connectivity index (χ1v) is 8.09. The maximum atomic E-state index is 14.1. The fourth-order valence-corrected chi connectivity index (χ4v) is 2.61. The number of carbonyl (C=O) groups is 1. The largest absolute Gasteiger partial charge is 0.347 e. The van der Waals surface area contributed by atoms with Gasteiger partial charge in [-0.05, 0) is 19.8 Å². The van der Waals surface area contributed by atoms with Gasteiger partial charge in [-0.25, -0.2) is 12.8 Å². The normalized spacial score (nSPS) is 16.3. The second-order valence-electron chi connectivity index (χ2n) is 5.02. The number of benzene rings is 1. The van der Waals surface area contributed by atoms with Crippen LogP contribution in [0.1, 0.15) is 30.1 Å². The van der Waals surface area contributed by atoms with E-state index in [0.29, 0.717) is 25.0 Å². The summed E-state index contributed by atoms with van der Waals surface area (Å²) in [6.45, 7) is 1.72. The SMILES string of the molecule is CC1(NC(=O)c2cc([N+](=O)[O-])cc(S(=O)(=O)Cl)c2F)CC1. The third-order valence-corrected chi connectivity index (χ3v) is 4.48. The maximum Gasteiger partial charge on any atom is 0.271 e. The van der Waals surface area contributed by atoms with Crippen LogP contribution in [0.4, 0.5) is 10.1 Å². The highest BCUT2D eigenvalue weighted by Gasteiger charge is 2.40. The van der Waals surface area contributed by atoms with Crippen LogP contribution in [0.5, 0.6) is 0 Å². The van der Waals surface area contributed by atoms with Gasteiger partial charge in [0, 0.05) is 28.4 Å². The molecule has 114 valence electrons. The van der Waals surface area contributed by atoms with Gasteiger partial charge in [-0.3, -0.25) is 14.9 Å². The average Bonchev–Trinajstić information content (AvgIpc) is 3.04. The molecule has 0 bridgehead atoms. The van der Waals surface area contributed by atoms with Crippen molar-refractivity contribution < 1.29 is 22.5 Å². The van der Waals surface area contributed by atoms with Gasteiger partial charge < -0.3 is 5.32 Å². The fourth-order valence-electron chi connectivity index (χ4n) is 1.69. The lowest BCUT2D eigenvalue weighted by Crippen LogP contribution is -2.35. The van der Waals surface area contributed by atoms with Crippen molar-refractivity contribution in [3.8, 4) is 0 Å². The molecule has 21 heavy (non-hydrogen) atoms. The average molecular weight is 337 g/mol. The molecule has 0 saturated heterocycles. The number of rotatable bonds is 4. The van der Waals surface area contributed by atoms with Gasteiger partial charge in [0.1, 0.15) is 4.90 Å². The molecule has 0 aromatic heterocycles. The minimum atomic E-state index is -4.56. The van der Waals surface area contributed by atoms with E-state index in [4.69, 9.17) is 10.7 Å². The van der Waals surface area contributed by atoms with Gasteiger partial charge in [0.05, 0.1) is 10.5 Å². The van der Waals surface area contributed by atoms with Crippen LogP contribution in [0, 0.1) is 15.9 Å². The molecule has 7 nitrogen and oxygen atoms in total. The van der Waals surface area contributed by atoms with Crippen molar-refractivity contribution in [2.45, 2.75) is 30.2 Å². The lowest BCUT2D eigenvalue weighted by molar-refractivity contribution is -0.385. The standard InChI is InChI=1S/C11H10ClFN2O5S/c1-11(2-3-11)14-10(16)7-4-6(15(17)18)5-8(9(7)13)21(12,19)20/h4-5H,2-3H2,1H3,(H,14,16). The Balaban J connectivity index is 2.56. The third kappa shape index (κ3) is 3.30. The Morgan fingerprint density at radius 2 is 2.05 bits per heavy atom. The van der Waals surface area contributed by atoms with Gasteiger partial charge in [0.2, 0.25) is 0 Å². The van der Waals surface area contributed by atoms with E-state index in [2.05, 4.69) is 5.32 Å². The summed E-state index contributed by atoms with van der Waals surface area (Å²) in [5, 5.41) is 13.3. The summed E-state index contributed by atoms with van der Waals surface area (Å²) in [5.74, 6) is -2.32. The molecule has 10 heteroatoms. The summed E-state index contributed by atoms with van der Waals surface area (Å²) >= 11 is 0. The van der Waals surface area contributed by atoms with E-state index in [1.54, 1.807) is 6.92 Å². The van der Waals surface area contributed by atoms with E-state index in [1.165, 1.54) is 0 Å². The van der Waals surface area contributed by atoms with Crippen molar-refractivity contribution in [3.63, 3.8) is 0 Å². The molecule has 1 N–H and O–H groups in total. The summed E-state index contributed by atoms with van der Waals surface area (Å²) in [6.07, 6.45) is 1.38. The predicted molar refractivity (Wildman–Crippen MR) is 71.2 cm³/mol. The molecule has 1 fully saturated rings. The number of hydrogen-bond donors (Lipinski definition) is 1. The summed E-state index contributed by atoms with van der Waals surface area (Å²) in [5.41, 5.74) is -1.95. The third-order valence-electron chi connectivity index (χ3n) is 3.16. The monoisotopic (exact) mass is 336 g/mol. The van der Waals surface area contributed by atoms with Crippen LogP contribution in [0.25, 0.3) is 0 Å². The molecule has 0 spiro atoms. The van der Waals surface area contributed by atoms with Crippen LogP contribution in [0.2, 0.25) is 0 Å². The molecule has 0 radical (unpaired) electrons. The molecular weight excluding hydrogens is 327 g/mol. The number of nitrogens with zero attached hydrogens (tertiary/aromatic N) is 1. The summed E-state index contributed by atoms with van der Waals surface area (Å²) in [7, 11) is 0.480. The van der Waals surface area contributed by atoms with Gasteiger partial charge in [-0.2, -0.15) is 0 Å². The zero-order valence-corrected chi connectivity index (χ0v) is 12.3. The van der Waals surface area contributed by atoms with Crippen LogP contribution in [0.15, 0.2) is 17.0 Å². The molecule has 0 atom stereocenters. The highest BCUT2D eigenvalue weighted by molar-refractivity contribution is 8.13. The number of nitro benzene ring substituents is 1. The summed E-state index contributed by atoms with van der Waals surface area (Å²) in [4.78, 5) is 20.7. The Bertz CT molecular complexity index is 745.